The Morgan fingerprint density at radius 2 is 1.37 bits per heavy atom. The first-order chi connectivity index (χ1) is 13.2. The van der Waals surface area contributed by atoms with Gasteiger partial charge in [-0.1, -0.05) is 88.6 Å². The molecule has 146 valence electrons. The molecule has 0 unspecified atom stereocenters. The predicted octanol–water partition coefficient (Wildman–Crippen LogP) is 7.95. The van der Waals surface area contributed by atoms with Crippen molar-refractivity contribution in [3.05, 3.63) is 59.7 Å². The van der Waals surface area contributed by atoms with Crippen molar-refractivity contribution in [2.75, 3.05) is 0 Å². The summed E-state index contributed by atoms with van der Waals surface area (Å²) in [7, 11) is 0. The number of benzene rings is 2. The number of halogens is 2. The lowest BCUT2D eigenvalue weighted by molar-refractivity contribution is 0.249. The minimum absolute atomic E-state index is 0.724. The minimum atomic E-state index is -0.796. The summed E-state index contributed by atoms with van der Waals surface area (Å²) in [4.78, 5) is 0. The van der Waals surface area contributed by atoms with Crippen molar-refractivity contribution in [3.63, 3.8) is 0 Å². The fraction of sp³-hybridized carbons (Fsp3) is 0.520. The number of hydrogen-bond donors (Lipinski definition) is 0. The summed E-state index contributed by atoms with van der Waals surface area (Å²) in [6.07, 6.45) is 13.6. The topological polar surface area (TPSA) is 0 Å². The van der Waals surface area contributed by atoms with Crippen LogP contribution in [0.5, 0.6) is 0 Å². The van der Waals surface area contributed by atoms with Crippen molar-refractivity contribution in [3.8, 4) is 11.1 Å². The van der Waals surface area contributed by atoms with Crippen molar-refractivity contribution in [2.24, 2.45) is 11.8 Å². The molecule has 0 heterocycles. The third-order valence-electron chi connectivity index (χ3n) is 6.23. The number of rotatable bonds is 8. The van der Waals surface area contributed by atoms with Crippen LogP contribution in [0.25, 0.3) is 11.1 Å². The molecule has 0 aromatic heterocycles. The van der Waals surface area contributed by atoms with Crippen molar-refractivity contribution < 1.29 is 8.78 Å². The summed E-state index contributed by atoms with van der Waals surface area (Å²) in [5.74, 6) is 0.263. The number of aryl methyl sites for hydroxylation is 1. The van der Waals surface area contributed by atoms with E-state index in [0.29, 0.717) is 0 Å². The molecule has 0 atom stereocenters. The van der Waals surface area contributed by atoms with E-state index in [0.717, 1.165) is 29.4 Å². The Morgan fingerprint density at radius 3 is 2.00 bits per heavy atom. The molecule has 0 aliphatic heterocycles. The highest BCUT2D eigenvalue weighted by Crippen LogP contribution is 2.34. The molecule has 3 rings (SSSR count). The molecule has 0 nitrogen and oxygen atoms in total. The van der Waals surface area contributed by atoms with Gasteiger partial charge in [-0.2, -0.15) is 0 Å². The standard InChI is InChI=1S/C25H32F2/c1-2-3-4-5-19-6-8-20(9-7-19)10-11-21-12-14-22(15-13-21)23-16-17-24(26)25(27)18-23/h12-20H,2-11H2,1H3. The van der Waals surface area contributed by atoms with Crippen molar-refractivity contribution in [1.82, 2.24) is 0 Å². The van der Waals surface area contributed by atoms with Gasteiger partial charge in [0.1, 0.15) is 0 Å². The largest absolute Gasteiger partial charge is 0.204 e. The van der Waals surface area contributed by atoms with E-state index < -0.39 is 11.6 Å². The first-order valence-corrected chi connectivity index (χ1v) is 10.7. The second-order valence-corrected chi connectivity index (χ2v) is 8.25. The maximum absolute atomic E-state index is 13.4. The van der Waals surface area contributed by atoms with Gasteiger partial charge in [0.15, 0.2) is 11.6 Å². The van der Waals surface area contributed by atoms with E-state index in [2.05, 4.69) is 19.1 Å². The van der Waals surface area contributed by atoms with Gasteiger partial charge < -0.3 is 0 Å². The van der Waals surface area contributed by atoms with Gasteiger partial charge in [-0.15, -0.1) is 0 Å². The molecule has 1 fully saturated rings. The van der Waals surface area contributed by atoms with Crippen LogP contribution in [0.15, 0.2) is 42.5 Å². The average Bonchev–Trinajstić information content (AvgIpc) is 2.70. The van der Waals surface area contributed by atoms with Crippen LogP contribution in [0, 0.1) is 23.5 Å². The van der Waals surface area contributed by atoms with Gasteiger partial charge in [0.25, 0.3) is 0 Å². The second kappa shape index (κ2) is 10.0. The van der Waals surface area contributed by atoms with Crippen LogP contribution in [-0.2, 0) is 6.42 Å². The molecule has 0 bridgehead atoms. The lowest BCUT2D eigenvalue weighted by atomic mass is 9.78. The van der Waals surface area contributed by atoms with E-state index in [1.807, 2.05) is 12.1 Å². The molecule has 2 aromatic carbocycles. The van der Waals surface area contributed by atoms with Gasteiger partial charge >= 0.3 is 0 Å². The Balaban J connectivity index is 1.45. The maximum atomic E-state index is 13.4. The summed E-state index contributed by atoms with van der Waals surface area (Å²) in [6, 6.07) is 12.4. The van der Waals surface area contributed by atoms with E-state index in [-0.39, 0.29) is 0 Å². The Kier molecular flexibility index (Phi) is 7.43. The Morgan fingerprint density at radius 1 is 0.741 bits per heavy atom. The van der Waals surface area contributed by atoms with Crippen LogP contribution >= 0.6 is 0 Å². The number of hydrogen-bond acceptors (Lipinski definition) is 0. The molecule has 2 heteroatoms. The summed E-state index contributed by atoms with van der Waals surface area (Å²) in [5, 5.41) is 0. The van der Waals surface area contributed by atoms with Crippen LogP contribution in [0.3, 0.4) is 0 Å². The zero-order valence-corrected chi connectivity index (χ0v) is 16.5. The predicted molar refractivity (Wildman–Crippen MR) is 110 cm³/mol. The first kappa shape index (κ1) is 20.0. The molecule has 1 aliphatic carbocycles. The third kappa shape index (κ3) is 5.89. The molecular weight excluding hydrogens is 338 g/mol. The van der Waals surface area contributed by atoms with Gasteiger partial charge in [-0.05, 0) is 53.5 Å². The zero-order chi connectivity index (χ0) is 19.1. The summed E-state index contributed by atoms with van der Waals surface area (Å²) in [5.41, 5.74) is 3.00. The van der Waals surface area contributed by atoms with E-state index in [9.17, 15) is 8.78 Å². The Bertz CT molecular complexity index is 697. The van der Waals surface area contributed by atoms with E-state index >= 15 is 0 Å². The normalized spacial score (nSPS) is 20.0. The first-order valence-electron chi connectivity index (χ1n) is 10.7. The lowest BCUT2D eigenvalue weighted by Gasteiger charge is -2.28. The quantitative estimate of drug-likeness (QED) is 0.414. The van der Waals surface area contributed by atoms with Crippen LogP contribution in [0.2, 0.25) is 0 Å². The summed E-state index contributed by atoms with van der Waals surface area (Å²) in [6.45, 7) is 2.28. The van der Waals surface area contributed by atoms with Crippen molar-refractivity contribution >= 4 is 0 Å². The molecule has 0 saturated heterocycles. The Labute approximate surface area is 163 Å². The fourth-order valence-electron chi connectivity index (χ4n) is 4.40. The molecule has 0 N–H and O–H groups in total. The molecule has 0 radical (unpaired) electrons. The highest BCUT2D eigenvalue weighted by atomic mass is 19.2. The summed E-state index contributed by atoms with van der Waals surface area (Å²) < 4.78 is 26.5. The van der Waals surface area contributed by atoms with Crippen molar-refractivity contribution in [1.29, 1.82) is 0 Å². The van der Waals surface area contributed by atoms with Crippen LogP contribution in [0.1, 0.15) is 70.3 Å². The van der Waals surface area contributed by atoms with E-state index in [1.165, 1.54) is 75.5 Å². The smallest absolute Gasteiger partial charge is 0.159 e. The number of unbranched alkanes of at least 4 members (excludes halogenated alkanes) is 2. The molecule has 0 spiro atoms. The third-order valence-corrected chi connectivity index (χ3v) is 6.23. The maximum Gasteiger partial charge on any atom is 0.159 e. The van der Waals surface area contributed by atoms with Crippen LogP contribution < -0.4 is 0 Å². The monoisotopic (exact) mass is 370 g/mol. The molecule has 1 saturated carbocycles. The minimum Gasteiger partial charge on any atom is -0.204 e. The highest BCUT2D eigenvalue weighted by Gasteiger charge is 2.20. The SMILES string of the molecule is CCCCCC1CCC(CCc2ccc(-c3ccc(F)c(F)c3)cc2)CC1. The molecule has 2 aromatic rings. The van der Waals surface area contributed by atoms with Crippen molar-refractivity contribution in [2.45, 2.75) is 71.1 Å². The molecule has 1 aliphatic rings. The molecule has 27 heavy (non-hydrogen) atoms. The second-order valence-electron chi connectivity index (χ2n) is 8.25. The lowest BCUT2D eigenvalue weighted by Crippen LogP contribution is -2.15. The van der Waals surface area contributed by atoms with Gasteiger partial charge in [-0.25, -0.2) is 8.78 Å². The average molecular weight is 371 g/mol. The van der Waals surface area contributed by atoms with Gasteiger partial charge in [0.2, 0.25) is 0 Å². The van der Waals surface area contributed by atoms with Crippen LogP contribution in [-0.4, -0.2) is 0 Å². The molecule has 0 amide bonds. The van der Waals surface area contributed by atoms with Gasteiger partial charge in [0, 0.05) is 0 Å². The van der Waals surface area contributed by atoms with E-state index in [1.54, 1.807) is 6.07 Å². The zero-order valence-electron chi connectivity index (χ0n) is 16.5. The highest BCUT2D eigenvalue weighted by molar-refractivity contribution is 5.63. The Hall–Kier alpha value is -1.70. The molecular formula is C25H32F2. The van der Waals surface area contributed by atoms with Gasteiger partial charge in [0.05, 0.1) is 0 Å². The summed E-state index contributed by atoms with van der Waals surface area (Å²) >= 11 is 0. The van der Waals surface area contributed by atoms with Gasteiger partial charge in [-0.3, -0.25) is 0 Å². The van der Waals surface area contributed by atoms with Crippen LogP contribution in [0.4, 0.5) is 8.78 Å². The fourth-order valence-corrected chi connectivity index (χ4v) is 4.40. The van der Waals surface area contributed by atoms with E-state index in [4.69, 9.17) is 0 Å².